The average molecular weight is 451 g/mol. The summed E-state index contributed by atoms with van der Waals surface area (Å²) in [6.07, 6.45) is 11.9. The van der Waals surface area contributed by atoms with Gasteiger partial charge in [0, 0.05) is 29.2 Å². The quantitative estimate of drug-likeness (QED) is 0.385. The normalized spacial score (nSPS) is 35.7. The zero-order chi connectivity index (χ0) is 24.8. The molecule has 0 spiro atoms. The maximum absolute atomic E-state index is 13.3. The van der Waals surface area contributed by atoms with E-state index in [1.54, 1.807) is 13.0 Å². The van der Waals surface area contributed by atoms with E-state index in [1.165, 1.54) is 19.1 Å². The second-order valence-electron chi connectivity index (χ2n) is 11.4. The molecule has 0 bridgehead atoms. The van der Waals surface area contributed by atoms with Crippen LogP contribution in [0.25, 0.3) is 0 Å². The molecule has 0 aromatic carbocycles. The van der Waals surface area contributed by atoms with E-state index in [9.17, 15) is 19.2 Å². The minimum atomic E-state index is -0.329. The Hall–Kier alpha value is -2.36. The van der Waals surface area contributed by atoms with E-state index < -0.39 is 0 Å². The van der Waals surface area contributed by atoms with Crippen molar-refractivity contribution in [3.63, 3.8) is 0 Å². The van der Waals surface area contributed by atoms with Gasteiger partial charge in [-0.1, -0.05) is 45.9 Å². The highest BCUT2D eigenvalue weighted by atomic mass is 16.1. The first kappa shape index (κ1) is 25.3. The van der Waals surface area contributed by atoms with Gasteiger partial charge in [-0.25, -0.2) is 0 Å². The van der Waals surface area contributed by atoms with Gasteiger partial charge in [-0.3, -0.25) is 19.2 Å². The molecule has 0 amide bonds. The van der Waals surface area contributed by atoms with E-state index in [1.807, 2.05) is 19.1 Å². The zero-order valence-corrected chi connectivity index (χ0v) is 21.2. The van der Waals surface area contributed by atoms with Crippen LogP contribution in [0.5, 0.6) is 0 Å². The summed E-state index contributed by atoms with van der Waals surface area (Å²) in [5, 5.41) is 0. The number of ketones is 4. The van der Waals surface area contributed by atoms with Gasteiger partial charge in [0.05, 0.1) is 0 Å². The van der Waals surface area contributed by atoms with Gasteiger partial charge in [0.2, 0.25) is 0 Å². The summed E-state index contributed by atoms with van der Waals surface area (Å²) in [7, 11) is 0. The number of hydrogen-bond donors (Lipinski definition) is 0. The highest BCUT2D eigenvalue weighted by Gasteiger charge is 2.64. The lowest BCUT2D eigenvalue weighted by Gasteiger charge is -2.60. The Morgan fingerprint density at radius 3 is 2.21 bits per heavy atom. The lowest BCUT2D eigenvalue weighted by molar-refractivity contribution is -0.154. The molecule has 178 valence electrons. The highest BCUT2D eigenvalue weighted by molar-refractivity contribution is 6.07. The fourth-order valence-electron chi connectivity index (χ4n) is 7.21. The molecular formula is C29H38O4. The number of fused-ring (bicyclic) bond motifs is 3. The molecule has 0 saturated heterocycles. The molecule has 0 heterocycles. The fourth-order valence-corrected chi connectivity index (χ4v) is 7.21. The molecule has 0 aliphatic heterocycles. The maximum Gasteiger partial charge on any atom is 0.181 e. The molecule has 4 atom stereocenters. The summed E-state index contributed by atoms with van der Waals surface area (Å²) in [6.45, 7) is 13.9. The van der Waals surface area contributed by atoms with E-state index in [2.05, 4.69) is 27.7 Å². The monoisotopic (exact) mass is 450 g/mol. The molecule has 4 heteroatoms. The molecule has 0 N–H and O–H groups in total. The second kappa shape index (κ2) is 8.77. The van der Waals surface area contributed by atoms with Gasteiger partial charge in [-0.15, -0.1) is 0 Å². The minimum Gasteiger partial charge on any atom is -0.299 e. The first-order chi connectivity index (χ1) is 15.2. The van der Waals surface area contributed by atoms with Crippen LogP contribution in [0.2, 0.25) is 0 Å². The van der Waals surface area contributed by atoms with Crippen molar-refractivity contribution >= 4 is 23.1 Å². The Balaban J connectivity index is 1.90. The van der Waals surface area contributed by atoms with Crippen LogP contribution in [0.15, 0.2) is 47.1 Å². The van der Waals surface area contributed by atoms with Crippen LogP contribution in [0.4, 0.5) is 0 Å². The summed E-state index contributed by atoms with van der Waals surface area (Å²) in [5.74, 6) is 0.781. The number of carbonyl (C=O) groups excluding carboxylic acids is 4. The summed E-state index contributed by atoms with van der Waals surface area (Å²) >= 11 is 0. The van der Waals surface area contributed by atoms with E-state index in [-0.39, 0.29) is 39.5 Å². The molecule has 33 heavy (non-hydrogen) atoms. The van der Waals surface area contributed by atoms with Gasteiger partial charge in [0.1, 0.15) is 5.78 Å². The van der Waals surface area contributed by atoms with E-state index in [0.717, 1.165) is 30.4 Å². The molecule has 3 aliphatic carbocycles. The summed E-state index contributed by atoms with van der Waals surface area (Å²) in [6, 6.07) is 0. The van der Waals surface area contributed by atoms with Crippen molar-refractivity contribution in [1.29, 1.82) is 0 Å². The van der Waals surface area contributed by atoms with Gasteiger partial charge in [0.15, 0.2) is 17.3 Å². The SMILES string of the molecule is CC(=O)/C=C/C(=O)/C(C)=C/C=C/C(C)=C1\C(=O)C[C@H]2[C@@]3(C)CCC(=O)C(C)(C)C3CC[C@]12C. The Labute approximate surface area is 198 Å². The van der Waals surface area contributed by atoms with Crippen molar-refractivity contribution < 1.29 is 19.2 Å². The maximum atomic E-state index is 13.3. The molecule has 0 aromatic heterocycles. The third-order valence-electron chi connectivity index (χ3n) is 8.98. The van der Waals surface area contributed by atoms with Gasteiger partial charge in [-0.2, -0.15) is 0 Å². The van der Waals surface area contributed by atoms with E-state index in [0.29, 0.717) is 30.1 Å². The van der Waals surface area contributed by atoms with E-state index >= 15 is 0 Å². The van der Waals surface area contributed by atoms with Gasteiger partial charge < -0.3 is 0 Å². The van der Waals surface area contributed by atoms with Crippen LogP contribution in [-0.2, 0) is 19.2 Å². The topological polar surface area (TPSA) is 68.3 Å². The summed E-state index contributed by atoms with van der Waals surface area (Å²) < 4.78 is 0. The molecule has 3 aliphatic rings. The first-order valence-electron chi connectivity index (χ1n) is 12.1. The Morgan fingerprint density at radius 2 is 1.58 bits per heavy atom. The van der Waals surface area contributed by atoms with Crippen LogP contribution in [0, 0.1) is 28.1 Å². The number of hydrogen-bond acceptors (Lipinski definition) is 4. The minimum absolute atomic E-state index is 0.0161. The zero-order valence-electron chi connectivity index (χ0n) is 21.2. The Bertz CT molecular complexity index is 1020. The smallest absolute Gasteiger partial charge is 0.181 e. The molecule has 0 radical (unpaired) electrons. The van der Waals surface area contributed by atoms with Crippen LogP contribution in [0.1, 0.15) is 80.6 Å². The molecule has 3 saturated carbocycles. The highest BCUT2D eigenvalue weighted by Crippen LogP contribution is 2.68. The lowest BCUT2D eigenvalue weighted by atomic mass is 9.43. The van der Waals surface area contributed by atoms with Crippen molar-refractivity contribution in [3.8, 4) is 0 Å². The first-order valence-corrected chi connectivity index (χ1v) is 12.1. The standard InChI is InChI=1S/C29H38O4/c1-18(21(31)12-11-20(3)30)9-8-10-19(2)26-22(32)17-24-28(6)16-14-25(33)27(4,5)23(28)13-15-29(24,26)7/h8-12,23-24H,13-17H2,1-7H3/b10-8+,12-11+,18-9+,26-19+/t23?,24-,28-,29-/m0/s1. The summed E-state index contributed by atoms with van der Waals surface area (Å²) in [4.78, 5) is 49.1. The van der Waals surface area contributed by atoms with Crippen molar-refractivity contribution in [3.05, 3.63) is 47.1 Å². The van der Waals surface area contributed by atoms with Crippen molar-refractivity contribution in [2.24, 2.45) is 28.1 Å². The van der Waals surface area contributed by atoms with Crippen LogP contribution >= 0.6 is 0 Å². The number of carbonyl (C=O) groups is 4. The molecule has 3 fully saturated rings. The molecule has 1 unspecified atom stereocenters. The van der Waals surface area contributed by atoms with Crippen LogP contribution in [0.3, 0.4) is 0 Å². The van der Waals surface area contributed by atoms with Crippen molar-refractivity contribution in [2.45, 2.75) is 80.6 Å². The van der Waals surface area contributed by atoms with E-state index in [4.69, 9.17) is 0 Å². The number of Topliss-reactive ketones (excluding diaryl/α,β-unsaturated/α-hetero) is 2. The fraction of sp³-hybridized carbons (Fsp3) is 0.586. The lowest BCUT2D eigenvalue weighted by Crippen LogP contribution is -2.56. The average Bonchev–Trinajstić information content (AvgIpc) is 3.00. The van der Waals surface area contributed by atoms with Crippen LogP contribution in [-0.4, -0.2) is 23.1 Å². The Morgan fingerprint density at radius 1 is 0.909 bits per heavy atom. The van der Waals surface area contributed by atoms with Crippen molar-refractivity contribution in [2.75, 3.05) is 0 Å². The number of allylic oxidation sites excluding steroid dienone is 8. The second-order valence-corrected chi connectivity index (χ2v) is 11.4. The molecule has 4 nitrogen and oxygen atoms in total. The predicted molar refractivity (Wildman–Crippen MR) is 130 cm³/mol. The Kier molecular flexibility index (Phi) is 6.72. The predicted octanol–water partition coefficient (Wildman–Crippen LogP) is 5.92. The van der Waals surface area contributed by atoms with Gasteiger partial charge in [0.25, 0.3) is 0 Å². The molecule has 0 aromatic rings. The molecular weight excluding hydrogens is 412 g/mol. The molecule has 3 rings (SSSR count). The number of rotatable bonds is 5. The van der Waals surface area contributed by atoms with Crippen molar-refractivity contribution in [1.82, 2.24) is 0 Å². The van der Waals surface area contributed by atoms with Crippen LogP contribution < -0.4 is 0 Å². The van der Waals surface area contributed by atoms with Gasteiger partial charge >= 0.3 is 0 Å². The van der Waals surface area contributed by atoms with Gasteiger partial charge in [-0.05, 0) is 80.6 Å². The third kappa shape index (κ3) is 4.29. The largest absolute Gasteiger partial charge is 0.299 e. The third-order valence-corrected chi connectivity index (χ3v) is 8.98. The summed E-state index contributed by atoms with van der Waals surface area (Å²) in [5.41, 5.74) is 1.88.